The first-order valence-corrected chi connectivity index (χ1v) is 12.7. The second-order valence-corrected chi connectivity index (χ2v) is 9.83. The van der Waals surface area contributed by atoms with Crippen LogP contribution in [0.25, 0.3) is 5.69 Å². The summed E-state index contributed by atoms with van der Waals surface area (Å²) >= 11 is 6.08. The fourth-order valence-electron chi connectivity index (χ4n) is 3.52. The van der Waals surface area contributed by atoms with Crippen LogP contribution in [0.15, 0.2) is 35.3 Å². The first-order valence-electron chi connectivity index (χ1n) is 10.7. The lowest BCUT2D eigenvalue weighted by Crippen LogP contribution is -2.49. The summed E-state index contributed by atoms with van der Waals surface area (Å²) < 4.78 is 38.7. The molecule has 1 fully saturated rings. The third-order valence-corrected chi connectivity index (χ3v) is 7.39. The number of sulfonamides is 1. The maximum absolute atomic E-state index is 13.3. The highest BCUT2D eigenvalue weighted by molar-refractivity contribution is 7.89. The van der Waals surface area contributed by atoms with E-state index < -0.39 is 15.6 Å². The average molecular weight is 485 g/mol. The fourth-order valence-corrected chi connectivity index (χ4v) is 5.20. The van der Waals surface area contributed by atoms with Gasteiger partial charge in [0.05, 0.1) is 24.2 Å². The molecule has 0 bridgehead atoms. The van der Waals surface area contributed by atoms with E-state index in [1.807, 2.05) is 18.7 Å². The van der Waals surface area contributed by atoms with E-state index >= 15 is 0 Å². The summed E-state index contributed by atoms with van der Waals surface area (Å²) in [5.41, 5.74) is 0.652. The van der Waals surface area contributed by atoms with Crippen LogP contribution < -0.4 is 15.2 Å². The van der Waals surface area contributed by atoms with Crippen LogP contribution in [0.3, 0.4) is 0 Å². The molecule has 0 spiro atoms. The van der Waals surface area contributed by atoms with Crippen molar-refractivity contribution in [2.45, 2.75) is 20.3 Å². The van der Waals surface area contributed by atoms with Gasteiger partial charge in [-0.2, -0.15) is 14.1 Å². The SMILES string of the molecule is CCCS(=O)(=O)N1CCN(c2cnn(-c3cccc(Cl)c3)c(=O)c2OCCOCC)CC1. The number of nitrogens with zero attached hydrogens (tertiary/aromatic N) is 4. The van der Waals surface area contributed by atoms with Crippen molar-refractivity contribution in [3.8, 4) is 11.4 Å². The van der Waals surface area contributed by atoms with E-state index in [1.54, 1.807) is 30.5 Å². The molecule has 0 unspecified atom stereocenters. The van der Waals surface area contributed by atoms with Gasteiger partial charge < -0.3 is 14.4 Å². The van der Waals surface area contributed by atoms with Gasteiger partial charge in [0, 0.05) is 37.8 Å². The number of aromatic nitrogens is 2. The zero-order valence-corrected chi connectivity index (χ0v) is 19.9. The average Bonchev–Trinajstić information content (AvgIpc) is 2.77. The minimum atomic E-state index is -3.26. The maximum Gasteiger partial charge on any atom is 0.316 e. The van der Waals surface area contributed by atoms with Crippen molar-refractivity contribution >= 4 is 27.3 Å². The molecule has 0 saturated carbocycles. The molecule has 2 aromatic rings. The Balaban J connectivity index is 1.88. The van der Waals surface area contributed by atoms with Gasteiger partial charge in [0.15, 0.2) is 0 Å². The highest BCUT2D eigenvalue weighted by Crippen LogP contribution is 2.26. The van der Waals surface area contributed by atoms with E-state index in [4.69, 9.17) is 21.1 Å². The molecule has 176 valence electrons. The number of piperazine rings is 1. The molecule has 1 aromatic heterocycles. The van der Waals surface area contributed by atoms with Crippen LogP contribution in [0, 0.1) is 0 Å². The Hall–Kier alpha value is -2.14. The molecule has 1 aliphatic rings. The Bertz CT molecular complexity index is 1070. The first kappa shape index (κ1) is 24.5. The molecule has 1 aromatic carbocycles. The molecule has 3 rings (SSSR count). The van der Waals surface area contributed by atoms with Crippen molar-refractivity contribution in [2.75, 3.05) is 56.7 Å². The largest absolute Gasteiger partial charge is 0.484 e. The van der Waals surface area contributed by atoms with E-state index in [-0.39, 0.29) is 18.1 Å². The zero-order valence-electron chi connectivity index (χ0n) is 18.4. The Morgan fingerprint density at radius 1 is 1.12 bits per heavy atom. The molecule has 0 N–H and O–H groups in total. The number of anilines is 1. The van der Waals surface area contributed by atoms with E-state index in [2.05, 4.69) is 5.10 Å². The summed E-state index contributed by atoms with van der Waals surface area (Å²) in [6.45, 7) is 6.40. The van der Waals surface area contributed by atoms with Gasteiger partial charge in [-0.15, -0.1) is 0 Å². The zero-order chi connectivity index (χ0) is 23.1. The third-order valence-electron chi connectivity index (χ3n) is 5.08. The van der Waals surface area contributed by atoms with E-state index in [1.165, 1.54) is 8.99 Å². The normalized spacial score (nSPS) is 15.2. The van der Waals surface area contributed by atoms with Gasteiger partial charge in [-0.1, -0.05) is 24.6 Å². The van der Waals surface area contributed by atoms with E-state index in [0.717, 1.165) is 0 Å². The van der Waals surface area contributed by atoms with Crippen LogP contribution in [0.5, 0.6) is 5.75 Å². The molecule has 0 amide bonds. The summed E-state index contributed by atoms with van der Waals surface area (Å²) in [5.74, 6) is 0.292. The van der Waals surface area contributed by atoms with Crippen LogP contribution in [-0.4, -0.2) is 74.3 Å². The van der Waals surface area contributed by atoms with Gasteiger partial charge in [-0.05, 0) is 31.5 Å². The minimum absolute atomic E-state index is 0.135. The van der Waals surface area contributed by atoms with E-state index in [0.29, 0.717) is 62.2 Å². The van der Waals surface area contributed by atoms with Crippen LogP contribution in [-0.2, 0) is 14.8 Å². The van der Waals surface area contributed by atoms with Crippen molar-refractivity contribution < 1.29 is 17.9 Å². The minimum Gasteiger partial charge on any atom is -0.484 e. The van der Waals surface area contributed by atoms with Gasteiger partial charge in [-0.3, -0.25) is 4.79 Å². The summed E-state index contributed by atoms with van der Waals surface area (Å²) in [7, 11) is -3.26. The fraction of sp³-hybridized carbons (Fsp3) is 0.524. The monoisotopic (exact) mass is 484 g/mol. The Labute approximate surface area is 193 Å². The molecular weight excluding hydrogens is 456 g/mol. The third kappa shape index (κ3) is 5.80. The second kappa shape index (κ2) is 11.1. The van der Waals surface area contributed by atoms with Crippen molar-refractivity contribution in [1.29, 1.82) is 0 Å². The Morgan fingerprint density at radius 3 is 2.53 bits per heavy atom. The predicted molar refractivity (Wildman–Crippen MR) is 125 cm³/mol. The van der Waals surface area contributed by atoms with Gasteiger partial charge >= 0.3 is 5.56 Å². The molecule has 0 atom stereocenters. The molecule has 9 nitrogen and oxygen atoms in total. The van der Waals surface area contributed by atoms with Gasteiger partial charge in [-0.25, -0.2) is 8.42 Å². The van der Waals surface area contributed by atoms with Crippen LogP contribution in [0.1, 0.15) is 20.3 Å². The lowest BCUT2D eigenvalue weighted by Gasteiger charge is -2.35. The number of hydrogen-bond acceptors (Lipinski definition) is 7. The number of benzene rings is 1. The summed E-state index contributed by atoms with van der Waals surface area (Å²) in [5, 5.41) is 4.82. The van der Waals surface area contributed by atoms with Crippen LogP contribution in [0.2, 0.25) is 5.02 Å². The van der Waals surface area contributed by atoms with Crippen LogP contribution >= 0.6 is 11.6 Å². The lowest BCUT2D eigenvalue weighted by molar-refractivity contribution is 0.109. The summed E-state index contributed by atoms with van der Waals surface area (Å²) in [6.07, 6.45) is 2.15. The van der Waals surface area contributed by atoms with Gasteiger partial charge in [0.1, 0.15) is 12.3 Å². The Morgan fingerprint density at radius 2 is 1.88 bits per heavy atom. The molecule has 0 radical (unpaired) electrons. The molecule has 32 heavy (non-hydrogen) atoms. The topological polar surface area (TPSA) is 94.0 Å². The lowest BCUT2D eigenvalue weighted by atomic mass is 10.3. The molecule has 1 aliphatic heterocycles. The standard InChI is InChI=1S/C21H29ClN4O5S/c1-3-14-32(28,29)25-10-8-24(9-11-25)19-16-23-26(18-7-5-6-17(22)15-18)21(27)20(19)31-13-12-30-4-2/h5-7,15-16H,3-4,8-14H2,1-2H3. The summed E-state index contributed by atoms with van der Waals surface area (Å²) in [6, 6.07) is 6.85. The number of halogens is 1. The molecule has 0 aliphatic carbocycles. The number of hydrogen-bond donors (Lipinski definition) is 0. The van der Waals surface area contributed by atoms with Crippen molar-refractivity contribution in [3.05, 3.63) is 45.8 Å². The van der Waals surface area contributed by atoms with Crippen molar-refractivity contribution in [3.63, 3.8) is 0 Å². The van der Waals surface area contributed by atoms with Crippen molar-refractivity contribution in [2.24, 2.45) is 0 Å². The van der Waals surface area contributed by atoms with Gasteiger partial charge in [0.2, 0.25) is 15.8 Å². The van der Waals surface area contributed by atoms with Crippen molar-refractivity contribution in [1.82, 2.24) is 14.1 Å². The smallest absolute Gasteiger partial charge is 0.316 e. The predicted octanol–water partition coefficient (Wildman–Crippen LogP) is 2.16. The summed E-state index contributed by atoms with van der Waals surface area (Å²) in [4.78, 5) is 15.2. The number of ether oxygens (including phenoxy) is 2. The maximum atomic E-state index is 13.3. The quantitative estimate of drug-likeness (QED) is 0.477. The molecule has 1 saturated heterocycles. The van der Waals surface area contributed by atoms with Gasteiger partial charge in [0.25, 0.3) is 0 Å². The second-order valence-electron chi connectivity index (χ2n) is 7.30. The molecular formula is C21H29ClN4O5S. The molecule has 2 heterocycles. The highest BCUT2D eigenvalue weighted by Gasteiger charge is 2.28. The highest BCUT2D eigenvalue weighted by atomic mass is 35.5. The first-order chi connectivity index (χ1) is 15.4. The van der Waals surface area contributed by atoms with E-state index in [9.17, 15) is 13.2 Å². The van der Waals surface area contributed by atoms with Crippen LogP contribution in [0.4, 0.5) is 5.69 Å². The number of rotatable bonds is 10. The molecule has 11 heteroatoms. The Kier molecular flexibility index (Phi) is 8.52.